The van der Waals surface area contributed by atoms with Crippen molar-refractivity contribution in [2.45, 2.75) is 32.9 Å². The smallest absolute Gasteiger partial charge is 0.234 e. The summed E-state index contributed by atoms with van der Waals surface area (Å²) in [7, 11) is 1.92. The highest BCUT2D eigenvalue weighted by Crippen LogP contribution is 2.26. The number of amides is 1. The van der Waals surface area contributed by atoms with Crippen molar-refractivity contribution in [2.75, 3.05) is 11.1 Å². The van der Waals surface area contributed by atoms with Crippen LogP contribution < -0.4 is 5.32 Å². The highest BCUT2D eigenvalue weighted by atomic mass is 32.2. The third-order valence-electron chi connectivity index (χ3n) is 5.39. The van der Waals surface area contributed by atoms with Gasteiger partial charge in [-0.3, -0.25) is 4.79 Å². The Balaban J connectivity index is 1.45. The van der Waals surface area contributed by atoms with E-state index in [0.29, 0.717) is 5.16 Å². The number of benzene rings is 2. The minimum Gasteiger partial charge on any atom is -0.322 e. The number of hydrogen-bond donors (Lipinski definition) is 1. The molecule has 0 bridgehead atoms. The zero-order valence-corrected chi connectivity index (χ0v) is 19.7. The molecular weight excluding hydrogens is 420 g/mol. The maximum atomic E-state index is 12.7. The molecule has 2 heterocycles. The zero-order valence-electron chi connectivity index (χ0n) is 18.9. The first kappa shape index (κ1) is 21.8. The summed E-state index contributed by atoms with van der Waals surface area (Å²) in [6.07, 6.45) is 0. The lowest BCUT2D eigenvalue weighted by molar-refractivity contribution is -0.113. The molecule has 0 fully saturated rings. The van der Waals surface area contributed by atoms with Crippen LogP contribution in [-0.4, -0.2) is 36.2 Å². The maximum absolute atomic E-state index is 12.7. The summed E-state index contributed by atoms with van der Waals surface area (Å²) in [5.74, 6) is 0.913. The third-order valence-corrected chi connectivity index (χ3v) is 6.41. The number of rotatable bonds is 6. The Kier molecular flexibility index (Phi) is 6.14. The number of aromatic nitrogens is 5. The number of aryl methyl sites for hydroxylation is 3. The summed E-state index contributed by atoms with van der Waals surface area (Å²) in [6.45, 7) is 7.96. The van der Waals surface area contributed by atoms with Crippen LogP contribution in [0.1, 0.15) is 22.5 Å². The molecule has 0 aliphatic rings. The van der Waals surface area contributed by atoms with Crippen molar-refractivity contribution < 1.29 is 4.79 Å². The van der Waals surface area contributed by atoms with Crippen LogP contribution >= 0.6 is 11.8 Å². The van der Waals surface area contributed by atoms with E-state index in [9.17, 15) is 4.79 Å². The summed E-state index contributed by atoms with van der Waals surface area (Å²) < 4.78 is 3.78. The lowest BCUT2D eigenvalue weighted by Gasteiger charge is -2.08. The van der Waals surface area contributed by atoms with Crippen LogP contribution in [0.25, 0.3) is 17.1 Å². The molecule has 7 nitrogen and oxygen atoms in total. The predicted molar refractivity (Wildman–Crippen MR) is 128 cm³/mol. The van der Waals surface area contributed by atoms with Crippen LogP contribution in [0.15, 0.2) is 53.7 Å². The molecule has 2 aromatic heterocycles. The lowest BCUT2D eigenvalue weighted by atomic mass is 10.1. The van der Waals surface area contributed by atoms with E-state index in [1.807, 2.05) is 85.6 Å². The fourth-order valence-electron chi connectivity index (χ4n) is 3.57. The second kappa shape index (κ2) is 9.00. The summed E-state index contributed by atoms with van der Waals surface area (Å²) in [6, 6.07) is 16.2. The molecule has 0 aliphatic carbocycles. The van der Waals surface area contributed by atoms with Gasteiger partial charge in [0.1, 0.15) is 0 Å². The van der Waals surface area contributed by atoms with Crippen molar-refractivity contribution in [3.63, 3.8) is 0 Å². The molecule has 0 unspecified atom stereocenters. The van der Waals surface area contributed by atoms with Gasteiger partial charge >= 0.3 is 0 Å². The first-order valence-electron chi connectivity index (χ1n) is 10.4. The quantitative estimate of drug-likeness (QED) is 0.437. The largest absolute Gasteiger partial charge is 0.322 e. The average Bonchev–Trinajstić information content (AvgIpc) is 3.27. The van der Waals surface area contributed by atoms with Crippen molar-refractivity contribution >= 4 is 23.4 Å². The molecule has 2 aromatic carbocycles. The number of hydrogen-bond acceptors (Lipinski definition) is 5. The van der Waals surface area contributed by atoms with Gasteiger partial charge in [-0.25, -0.2) is 4.68 Å². The molecule has 0 aliphatic heterocycles. The van der Waals surface area contributed by atoms with Gasteiger partial charge in [0.05, 0.1) is 28.5 Å². The molecule has 0 saturated heterocycles. The highest BCUT2D eigenvalue weighted by Gasteiger charge is 2.17. The Hall–Kier alpha value is -3.39. The van der Waals surface area contributed by atoms with E-state index in [4.69, 9.17) is 0 Å². The molecular formula is C24H26N6OS. The predicted octanol–water partition coefficient (Wildman–Crippen LogP) is 4.63. The molecule has 164 valence electrons. The third kappa shape index (κ3) is 4.31. The van der Waals surface area contributed by atoms with Gasteiger partial charge < -0.3 is 9.88 Å². The minimum absolute atomic E-state index is 0.106. The van der Waals surface area contributed by atoms with Gasteiger partial charge in [-0.15, -0.1) is 10.2 Å². The van der Waals surface area contributed by atoms with E-state index >= 15 is 0 Å². The van der Waals surface area contributed by atoms with E-state index in [-0.39, 0.29) is 11.7 Å². The Labute approximate surface area is 191 Å². The normalized spacial score (nSPS) is 11.0. The SMILES string of the molecule is Cc1ccc(-n2nc(C)c(NC(=O)CSc3nnc(-c4ccccc4C)n3C)c2C)cc1. The molecule has 32 heavy (non-hydrogen) atoms. The molecule has 0 saturated carbocycles. The second-order valence-electron chi connectivity index (χ2n) is 7.81. The van der Waals surface area contributed by atoms with Crippen molar-refractivity contribution in [3.8, 4) is 17.1 Å². The van der Waals surface area contributed by atoms with Crippen LogP contribution in [0.2, 0.25) is 0 Å². The van der Waals surface area contributed by atoms with Crippen molar-refractivity contribution in [1.29, 1.82) is 0 Å². The zero-order chi connectivity index (χ0) is 22.8. The fraction of sp³-hybridized carbons (Fsp3) is 0.250. The summed E-state index contributed by atoms with van der Waals surface area (Å²) in [5.41, 5.74) is 6.74. The van der Waals surface area contributed by atoms with Crippen molar-refractivity contribution in [3.05, 3.63) is 71.0 Å². The van der Waals surface area contributed by atoms with E-state index in [2.05, 4.69) is 27.5 Å². The number of carbonyl (C=O) groups is 1. The molecule has 1 amide bonds. The minimum atomic E-state index is -0.106. The maximum Gasteiger partial charge on any atom is 0.234 e. The van der Waals surface area contributed by atoms with Crippen molar-refractivity contribution in [1.82, 2.24) is 24.5 Å². The monoisotopic (exact) mass is 446 g/mol. The molecule has 0 atom stereocenters. The van der Waals surface area contributed by atoms with Crippen LogP contribution in [-0.2, 0) is 11.8 Å². The van der Waals surface area contributed by atoms with Gasteiger partial charge in [0.2, 0.25) is 5.91 Å². The van der Waals surface area contributed by atoms with Gasteiger partial charge in [-0.05, 0) is 45.4 Å². The highest BCUT2D eigenvalue weighted by molar-refractivity contribution is 7.99. The number of nitrogens with zero attached hydrogens (tertiary/aromatic N) is 5. The van der Waals surface area contributed by atoms with E-state index in [0.717, 1.165) is 39.7 Å². The van der Waals surface area contributed by atoms with Gasteiger partial charge in [-0.2, -0.15) is 5.10 Å². The Bertz CT molecular complexity index is 1270. The van der Waals surface area contributed by atoms with Gasteiger partial charge in [0.15, 0.2) is 11.0 Å². The molecule has 0 radical (unpaired) electrons. The summed E-state index contributed by atoms with van der Waals surface area (Å²) in [4.78, 5) is 12.7. The van der Waals surface area contributed by atoms with Gasteiger partial charge in [0.25, 0.3) is 0 Å². The van der Waals surface area contributed by atoms with Crippen LogP contribution in [0.3, 0.4) is 0 Å². The Morgan fingerprint density at radius 2 is 1.72 bits per heavy atom. The first-order valence-corrected chi connectivity index (χ1v) is 11.3. The molecule has 4 aromatic rings. The van der Waals surface area contributed by atoms with Crippen molar-refractivity contribution in [2.24, 2.45) is 7.05 Å². The molecule has 8 heteroatoms. The fourth-order valence-corrected chi connectivity index (χ4v) is 4.28. The molecule has 4 rings (SSSR count). The van der Waals surface area contributed by atoms with Crippen LogP contribution in [0.4, 0.5) is 5.69 Å². The summed E-state index contributed by atoms with van der Waals surface area (Å²) >= 11 is 1.36. The Morgan fingerprint density at radius 3 is 2.44 bits per heavy atom. The number of nitrogens with one attached hydrogen (secondary N) is 1. The van der Waals surface area contributed by atoms with Gasteiger partial charge in [-0.1, -0.05) is 53.7 Å². The van der Waals surface area contributed by atoms with Crippen LogP contribution in [0, 0.1) is 27.7 Å². The topological polar surface area (TPSA) is 77.6 Å². The van der Waals surface area contributed by atoms with Gasteiger partial charge in [0, 0.05) is 12.6 Å². The standard InChI is InChI=1S/C24H26N6OS/c1-15-10-12-19(13-11-15)30-18(4)22(17(3)28-30)25-21(31)14-32-24-27-26-23(29(24)5)20-9-7-6-8-16(20)2/h6-13H,14H2,1-5H3,(H,25,31). The molecule has 0 spiro atoms. The lowest BCUT2D eigenvalue weighted by Crippen LogP contribution is -2.15. The van der Waals surface area contributed by atoms with E-state index in [1.165, 1.54) is 17.3 Å². The second-order valence-corrected chi connectivity index (χ2v) is 8.75. The number of thioether (sulfide) groups is 1. The average molecular weight is 447 g/mol. The molecule has 1 N–H and O–H groups in total. The van der Waals surface area contributed by atoms with E-state index in [1.54, 1.807) is 0 Å². The number of anilines is 1. The summed E-state index contributed by atoms with van der Waals surface area (Å²) in [5, 5.41) is 16.9. The Morgan fingerprint density at radius 1 is 1.00 bits per heavy atom. The first-order chi connectivity index (χ1) is 15.3. The van der Waals surface area contributed by atoms with Crippen LogP contribution in [0.5, 0.6) is 0 Å². The number of carbonyl (C=O) groups excluding carboxylic acids is 1. The van der Waals surface area contributed by atoms with E-state index < -0.39 is 0 Å².